The number of nitrogens with one attached hydrogen (secondary N) is 1. The van der Waals surface area contributed by atoms with Crippen molar-refractivity contribution in [2.75, 3.05) is 5.32 Å². The van der Waals surface area contributed by atoms with Gasteiger partial charge in [-0.3, -0.25) is 0 Å². The molecule has 0 amide bonds. The van der Waals surface area contributed by atoms with Crippen LogP contribution in [0.2, 0.25) is 5.02 Å². The minimum atomic E-state index is -1.29. The molecule has 0 aliphatic heterocycles. The topological polar surface area (TPSA) is 120 Å². The zero-order valence-electron chi connectivity index (χ0n) is 14.2. The Morgan fingerprint density at radius 3 is 2.54 bits per heavy atom. The second-order valence-electron chi connectivity index (χ2n) is 6.05. The molecule has 3 rings (SSSR count). The number of nitrogens with zero attached hydrogens (tertiary/aromatic N) is 1. The number of aromatic carboxylic acids is 1. The molecule has 0 spiro atoms. The Kier molecular flexibility index (Phi) is 5.32. The van der Waals surface area contributed by atoms with Crippen molar-refractivity contribution >= 4 is 40.3 Å². The third-order valence-electron chi connectivity index (χ3n) is 4.07. The summed E-state index contributed by atoms with van der Waals surface area (Å²) >= 11 is 5.91. The fourth-order valence-corrected chi connectivity index (χ4v) is 2.88. The van der Waals surface area contributed by atoms with Crippen molar-refractivity contribution in [3.63, 3.8) is 0 Å². The van der Waals surface area contributed by atoms with E-state index in [1.165, 1.54) is 12.1 Å². The number of anilines is 1. The maximum atomic E-state index is 13.5. The van der Waals surface area contributed by atoms with Crippen molar-refractivity contribution in [3.8, 4) is 5.75 Å². The number of carbonyl (C=O) groups is 2. The molecule has 28 heavy (non-hydrogen) atoms. The lowest BCUT2D eigenvalue weighted by Gasteiger charge is -2.17. The van der Waals surface area contributed by atoms with Gasteiger partial charge in [-0.25, -0.2) is 19.0 Å². The highest BCUT2D eigenvalue weighted by atomic mass is 35.5. The van der Waals surface area contributed by atoms with Crippen molar-refractivity contribution < 1.29 is 29.3 Å². The number of aromatic nitrogens is 1. The molecule has 0 aliphatic rings. The van der Waals surface area contributed by atoms with Gasteiger partial charge < -0.3 is 20.6 Å². The molecule has 2 aromatic carbocycles. The van der Waals surface area contributed by atoms with E-state index >= 15 is 0 Å². The first-order chi connectivity index (χ1) is 13.2. The van der Waals surface area contributed by atoms with Crippen molar-refractivity contribution in [1.29, 1.82) is 0 Å². The molecule has 1 atom stereocenters. The van der Waals surface area contributed by atoms with Gasteiger partial charge in [0.25, 0.3) is 0 Å². The standard InChI is InChI=1S/C19H14ClFN2O5/c20-11-2-3-14-10(7-11)8-12(18(25)26)17(22-14)23-15(19(27)28)6-9-1-4-16(24)13(21)5-9/h1-5,7-8,15,24H,6H2,(H,22,23)(H,25,26)(H,27,28). The Morgan fingerprint density at radius 1 is 1.14 bits per heavy atom. The van der Waals surface area contributed by atoms with Gasteiger partial charge in [-0.1, -0.05) is 17.7 Å². The highest BCUT2D eigenvalue weighted by Gasteiger charge is 2.23. The number of phenols is 1. The van der Waals surface area contributed by atoms with Crippen molar-refractivity contribution in [1.82, 2.24) is 4.98 Å². The van der Waals surface area contributed by atoms with E-state index in [0.717, 1.165) is 12.1 Å². The summed E-state index contributed by atoms with van der Waals surface area (Å²) in [5, 5.41) is 31.7. The zero-order valence-corrected chi connectivity index (χ0v) is 14.9. The SMILES string of the molecule is O=C(O)c1cc2cc(Cl)ccc2nc1NC(Cc1ccc(O)c(F)c1)C(=O)O. The third-order valence-corrected chi connectivity index (χ3v) is 4.30. The van der Waals surface area contributed by atoms with Crippen LogP contribution in [0.3, 0.4) is 0 Å². The van der Waals surface area contributed by atoms with Crippen LogP contribution in [-0.2, 0) is 11.2 Å². The van der Waals surface area contributed by atoms with Gasteiger partial charge in [0.2, 0.25) is 0 Å². The van der Waals surface area contributed by atoms with Crippen LogP contribution in [0.1, 0.15) is 15.9 Å². The van der Waals surface area contributed by atoms with Crippen LogP contribution < -0.4 is 5.32 Å². The van der Waals surface area contributed by atoms with Crippen LogP contribution in [0.25, 0.3) is 10.9 Å². The van der Waals surface area contributed by atoms with Gasteiger partial charge in [0, 0.05) is 16.8 Å². The monoisotopic (exact) mass is 404 g/mol. The van der Waals surface area contributed by atoms with Gasteiger partial charge >= 0.3 is 11.9 Å². The smallest absolute Gasteiger partial charge is 0.339 e. The number of hydrogen-bond donors (Lipinski definition) is 4. The number of carboxylic acid groups (broad SMARTS) is 2. The first-order valence-electron chi connectivity index (χ1n) is 8.05. The highest BCUT2D eigenvalue weighted by molar-refractivity contribution is 6.31. The number of rotatable bonds is 6. The first-order valence-corrected chi connectivity index (χ1v) is 8.42. The van der Waals surface area contributed by atoms with E-state index in [1.54, 1.807) is 18.2 Å². The average molecular weight is 405 g/mol. The van der Waals surface area contributed by atoms with Crippen LogP contribution in [0.15, 0.2) is 42.5 Å². The predicted molar refractivity (Wildman–Crippen MR) is 101 cm³/mol. The summed E-state index contributed by atoms with van der Waals surface area (Å²) in [5.41, 5.74) is 0.509. The first kappa shape index (κ1) is 19.4. The molecule has 1 heterocycles. The second-order valence-corrected chi connectivity index (χ2v) is 6.49. The molecule has 0 aliphatic carbocycles. The fourth-order valence-electron chi connectivity index (χ4n) is 2.70. The Bertz CT molecular complexity index is 1090. The minimum Gasteiger partial charge on any atom is -0.505 e. The van der Waals surface area contributed by atoms with E-state index in [9.17, 15) is 29.3 Å². The molecule has 144 valence electrons. The molecule has 0 radical (unpaired) electrons. The normalized spacial score (nSPS) is 11.9. The Labute approximate surface area is 163 Å². The molecule has 3 aromatic rings. The summed E-state index contributed by atoms with van der Waals surface area (Å²) in [6, 6.07) is 8.29. The number of fused-ring (bicyclic) bond motifs is 1. The summed E-state index contributed by atoms with van der Waals surface area (Å²) in [6.07, 6.45) is -0.161. The van der Waals surface area contributed by atoms with Crippen LogP contribution in [-0.4, -0.2) is 38.3 Å². The fraction of sp³-hybridized carbons (Fsp3) is 0.105. The van der Waals surface area contributed by atoms with Gasteiger partial charge in [0.05, 0.1) is 5.52 Å². The number of halogens is 2. The average Bonchev–Trinajstić information content (AvgIpc) is 2.63. The summed E-state index contributed by atoms with van der Waals surface area (Å²) in [6.45, 7) is 0. The predicted octanol–water partition coefficient (Wildman–Crippen LogP) is 3.54. The Hall–Kier alpha value is -3.39. The summed E-state index contributed by atoms with van der Waals surface area (Å²) in [7, 11) is 0. The number of pyridine rings is 1. The van der Waals surface area contributed by atoms with Gasteiger partial charge in [0.1, 0.15) is 17.4 Å². The second kappa shape index (κ2) is 7.69. The Morgan fingerprint density at radius 2 is 1.89 bits per heavy atom. The van der Waals surface area contributed by atoms with Gasteiger partial charge in [-0.2, -0.15) is 0 Å². The number of carboxylic acids is 2. The molecular formula is C19H14ClFN2O5. The molecule has 4 N–H and O–H groups in total. The largest absolute Gasteiger partial charge is 0.505 e. The van der Waals surface area contributed by atoms with Crippen LogP contribution >= 0.6 is 11.6 Å². The molecule has 7 nitrogen and oxygen atoms in total. The van der Waals surface area contributed by atoms with E-state index in [0.29, 0.717) is 21.5 Å². The maximum Gasteiger partial charge on any atom is 0.339 e. The molecule has 0 saturated carbocycles. The molecular weight excluding hydrogens is 391 g/mol. The lowest BCUT2D eigenvalue weighted by atomic mass is 10.0. The number of phenolic OH excluding ortho intramolecular Hbond substituents is 1. The molecule has 0 bridgehead atoms. The Balaban J connectivity index is 1.98. The maximum absolute atomic E-state index is 13.5. The van der Waals surface area contributed by atoms with E-state index in [4.69, 9.17) is 11.6 Å². The summed E-state index contributed by atoms with van der Waals surface area (Å²) in [5.74, 6) is -4.13. The molecule has 0 fully saturated rings. The number of hydrogen-bond acceptors (Lipinski definition) is 5. The number of aromatic hydroxyl groups is 1. The lowest BCUT2D eigenvalue weighted by molar-refractivity contribution is -0.137. The minimum absolute atomic E-state index is 0.131. The van der Waals surface area contributed by atoms with Crippen molar-refractivity contribution in [2.24, 2.45) is 0 Å². The van der Waals surface area contributed by atoms with Gasteiger partial charge in [0.15, 0.2) is 11.6 Å². The van der Waals surface area contributed by atoms with E-state index in [2.05, 4.69) is 10.3 Å². The quantitative estimate of drug-likeness (QED) is 0.496. The lowest BCUT2D eigenvalue weighted by Crippen LogP contribution is -2.32. The van der Waals surface area contributed by atoms with Crippen molar-refractivity contribution in [2.45, 2.75) is 12.5 Å². The molecule has 1 aromatic heterocycles. The van der Waals surface area contributed by atoms with Crippen molar-refractivity contribution in [3.05, 3.63) is 64.4 Å². The zero-order chi connectivity index (χ0) is 20.4. The van der Waals surface area contributed by atoms with Gasteiger partial charge in [-0.05, 0) is 42.0 Å². The van der Waals surface area contributed by atoms with E-state index in [-0.39, 0.29) is 17.8 Å². The number of aliphatic carboxylic acids is 1. The van der Waals surface area contributed by atoms with Crippen LogP contribution in [0, 0.1) is 5.82 Å². The van der Waals surface area contributed by atoms with Crippen LogP contribution in [0.5, 0.6) is 5.75 Å². The van der Waals surface area contributed by atoms with Crippen LogP contribution in [0.4, 0.5) is 10.2 Å². The molecule has 9 heteroatoms. The third kappa shape index (κ3) is 4.12. The highest BCUT2D eigenvalue weighted by Crippen LogP contribution is 2.25. The summed E-state index contributed by atoms with van der Waals surface area (Å²) < 4.78 is 13.5. The summed E-state index contributed by atoms with van der Waals surface area (Å²) in [4.78, 5) is 27.5. The molecule has 0 saturated heterocycles. The van der Waals surface area contributed by atoms with E-state index < -0.39 is 29.5 Å². The number of benzene rings is 2. The van der Waals surface area contributed by atoms with E-state index in [1.807, 2.05) is 0 Å². The van der Waals surface area contributed by atoms with Gasteiger partial charge in [-0.15, -0.1) is 0 Å². The molecule has 1 unspecified atom stereocenters.